The van der Waals surface area contributed by atoms with Crippen molar-refractivity contribution in [1.29, 1.82) is 0 Å². The van der Waals surface area contributed by atoms with Gasteiger partial charge in [0.2, 0.25) is 0 Å². The lowest BCUT2D eigenvalue weighted by Crippen LogP contribution is -2.32. The summed E-state index contributed by atoms with van der Waals surface area (Å²) in [6.45, 7) is 8.57. The van der Waals surface area contributed by atoms with Gasteiger partial charge in [0.15, 0.2) is 0 Å². The predicted molar refractivity (Wildman–Crippen MR) is 123 cm³/mol. The molecule has 3 rings (SSSR count). The molecule has 0 unspecified atom stereocenters. The largest absolute Gasteiger partial charge is 0.481 e. The molecule has 2 aromatic carbocycles. The van der Waals surface area contributed by atoms with Crippen molar-refractivity contribution in [2.75, 3.05) is 0 Å². The summed E-state index contributed by atoms with van der Waals surface area (Å²) in [5.41, 5.74) is 4.10. The van der Waals surface area contributed by atoms with Gasteiger partial charge in [-0.1, -0.05) is 54.0 Å². The summed E-state index contributed by atoms with van der Waals surface area (Å²) in [6.07, 6.45) is -0.215. The Kier molecular flexibility index (Phi) is 6.66. The van der Waals surface area contributed by atoms with Crippen molar-refractivity contribution in [2.45, 2.75) is 52.6 Å². The van der Waals surface area contributed by atoms with E-state index in [1.807, 2.05) is 36.6 Å². The number of amides is 1. The van der Waals surface area contributed by atoms with Gasteiger partial charge < -0.3 is 15.0 Å². The molecule has 0 saturated carbocycles. The van der Waals surface area contributed by atoms with Gasteiger partial charge in [0, 0.05) is 33.5 Å². The van der Waals surface area contributed by atoms with Crippen LogP contribution in [0.1, 0.15) is 60.8 Å². The highest BCUT2D eigenvalue weighted by Gasteiger charge is 2.25. The molecule has 158 valence electrons. The molecule has 0 atom stereocenters. The number of benzene rings is 2. The predicted octanol–water partition coefficient (Wildman–Crippen LogP) is 5.34. The van der Waals surface area contributed by atoms with Gasteiger partial charge in [0.05, 0.1) is 6.42 Å². The Balaban J connectivity index is 2.19. The second-order valence-corrected chi connectivity index (χ2v) is 9.09. The van der Waals surface area contributed by atoms with Crippen LogP contribution in [0.2, 0.25) is 0 Å². The number of nitrogens with one attached hydrogen (secondary N) is 1. The SMILES string of the molecule is CC(C)NC(=O)c1c(CC(=O)O)c2cc(Br)ccc2n1Cc1ccc(C(C)C)cc1. The number of nitrogens with zero attached hydrogens (tertiary/aromatic N) is 1. The summed E-state index contributed by atoms with van der Waals surface area (Å²) < 4.78 is 2.78. The molecule has 0 spiro atoms. The van der Waals surface area contributed by atoms with Gasteiger partial charge in [0.25, 0.3) is 5.91 Å². The quantitative estimate of drug-likeness (QED) is 0.489. The first kappa shape index (κ1) is 22.1. The number of rotatable bonds is 7. The van der Waals surface area contributed by atoms with Crippen LogP contribution in [0.25, 0.3) is 10.9 Å². The van der Waals surface area contributed by atoms with E-state index in [-0.39, 0.29) is 18.4 Å². The Morgan fingerprint density at radius 3 is 2.30 bits per heavy atom. The van der Waals surface area contributed by atoms with Crippen LogP contribution in [0, 0.1) is 0 Å². The third-order valence-corrected chi connectivity index (χ3v) is 5.57. The molecular formula is C24H27BrN2O3. The fourth-order valence-corrected chi connectivity index (χ4v) is 4.03. The van der Waals surface area contributed by atoms with E-state index in [9.17, 15) is 14.7 Å². The number of carbonyl (C=O) groups is 2. The van der Waals surface area contributed by atoms with Gasteiger partial charge >= 0.3 is 5.97 Å². The van der Waals surface area contributed by atoms with E-state index in [0.717, 1.165) is 20.9 Å². The molecule has 0 bridgehead atoms. The molecule has 1 heterocycles. The smallest absolute Gasteiger partial charge is 0.307 e. The van der Waals surface area contributed by atoms with Crippen molar-refractivity contribution in [3.8, 4) is 0 Å². The minimum absolute atomic E-state index is 0.0568. The second-order valence-electron chi connectivity index (χ2n) is 8.17. The molecule has 30 heavy (non-hydrogen) atoms. The third kappa shape index (κ3) is 4.75. The van der Waals surface area contributed by atoms with Crippen LogP contribution in [0.3, 0.4) is 0 Å². The number of hydrogen-bond acceptors (Lipinski definition) is 2. The minimum Gasteiger partial charge on any atom is -0.481 e. The van der Waals surface area contributed by atoms with Crippen LogP contribution in [0.15, 0.2) is 46.9 Å². The molecule has 0 aliphatic carbocycles. The highest BCUT2D eigenvalue weighted by molar-refractivity contribution is 9.10. The van der Waals surface area contributed by atoms with Crippen molar-refractivity contribution < 1.29 is 14.7 Å². The maximum absolute atomic E-state index is 13.1. The second kappa shape index (κ2) is 9.04. The van der Waals surface area contributed by atoms with E-state index in [0.29, 0.717) is 23.7 Å². The topological polar surface area (TPSA) is 71.3 Å². The van der Waals surface area contributed by atoms with Gasteiger partial charge in [-0.3, -0.25) is 9.59 Å². The number of hydrogen-bond donors (Lipinski definition) is 2. The molecule has 0 aliphatic heterocycles. The van der Waals surface area contributed by atoms with E-state index < -0.39 is 5.97 Å². The molecule has 0 aliphatic rings. The fraction of sp³-hybridized carbons (Fsp3) is 0.333. The highest BCUT2D eigenvalue weighted by atomic mass is 79.9. The molecule has 6 heteroatoms. The molecule has 1 amide bonds. The third-order valence-electron chi connectivity index (χ3n) is 5.08. The lowest BCUT2D eigenvalue weighted by atomic mass is 10.0. The molecule has 2 N–H and O–H groups in total. The minimum atomic E-state index is -0.964. The van der Waals surface area contributed by atoms with Gasteiger partial charge in [-0.15, -0.1) is 0 Å². The normalized spacial score (nSPS) is 11.4. The number of aliphatic carboxylic acids is 1. The zero-order valence-corrected chi connectivity index (χ0v) is 19.3. The molecule has 1 aromatic heterocycles. The average molecular weight is 471 g/mol. The van der Waals surface area contributed by atoms with Crippen LogP contribution < -0.4 is 5.32 Å². The first-order chi connectivity index (χ1) is 14.2. The summed E-state index contributed by atoms with van der Waals surface area (Å²) in [7, 11) is 0. The van der Waals surface area contributed by atoms with E-state index in [2.05, 4.69) is 59.4 Å². The number of halogens is 1. The monoisotopic (exact) mass is 470 g/mol. The Hall–Kier alpha value is -2.60. The van der Waals surface area contributed by atoms with Crippen molar-refractivity contribution >= 4 is 38.7 Å². The molecule has 0 saturated heterocycles. The maximum atomic E-state index is 13.1. The van der Waals surface area contributed by atoms with E-state index in [4.69, 9.17) is 0 Å². The highest BCUT2D eigenvalue weighted by Crippen LogP contribution is 2.31. The van der Waals surface area contributed by atoms with Crippen LogP contribution >= 0.6 is 15.9 Å². The van der Waals surface area contributed by atoms with Crippen molar-refractivity contribution in [3.05, 3.63) is 69.3 Å². The lowest BCUT2D eigenvalue weighted by Gasteiger charge is -2.15. The maximum Gasteiger partial charge on any atom is 0.307 e. The Morgan fingerprint density at radius 2 is 1.73 bits per heavy atom. The van der Waals surface area contributed by atoms with E-state index in [1.54, 1.807) is 0 Å². The first-order valence-electron chi connectivity index (χ1n) is 10.1. The summed E-state index contributed by atoms with van der Waals surface area (Å²) in [5.74, 6) is -0.778. The van der Waals surface area contributed by atoms with Crippen molar-refractivity contribution in [1.82, 2.24) is 9.88 Å². The summed E-state index contributed by atoms with van der Waals surface area (Å²) in [5, 5.41) is 13.2. The molecule has 0 fully saturated rings. The van der Waals surface area contributed by atoms with Crippen LogP contribution in [0.5, 0.6) is 0 Å². The number of carbonyl (C=O) groups excluding carboxylic acids is 1. The lowest BCUT2D eigenvalue weighted by molar-refractivity contribution is -0.136. The molecule has 3 aromatic rings. The van der Waals surface area contributed by atoms with Gasteiger partial charge in [-0.05, 0) is 49.1 Å². The molecule has 0 radical (unpaired) electrons. The van der Waals surface area contributed by atoms with Gasteiger partial charge in [-0.2, -0.15) is 0 Å². The Morgan fingerprint density at radius 1 is 1.07 bits per heavy atom. The van der Waals surface area contributed by atoms with Crippen LogP contribution in [0.4, 0.5) is 0 Å². The summed E-state index contributed by atoms with van der Waals surface area (Å²) >= 11 is 3.48. The average Bonchev–Trinajstić information content (AvgIpc) is 2.93. The van der Waals surface area contributed by atoms with E-state index in [1.165, 1.54) is 5.56 Å². The Bertz CT molecular complexity index is 1080. The zero-order valence-electron chi connectivity index (χ0n) is 17.7. The fourth-order valence-electron chi connectivity index (χ4n) is 3.67. The first-order valence-corrected chi connectivity index (χ1v) is 10.9. The van der Waals surface area contributed by atoms with Gasteiger partial charge in [-0.25, -0.2) is 0 Å². The standard InChI is InChI=1S/C24H27BrN2O3/c1-14(2)17-7-5-16(6-8-17)13-27-21-10-9-18(25)11-19(21)20(12-22(28)29)23(27)24(30)26-15(3)4/h5-11,14-15H,12-13H2,1-4H3,(H,26,30)(H,28,29). The summed E-state index contributed by atoms with van der Waals surface area (Å²) in [6, 6.07) is 14.0. The number of aromatic nitrogens is 1. The van der Waals surface area contributed by atoms with Gasteiger partial charge in [0.1, 0.15) is 5.69 Å². The Labute approximate surface area is 185 Å². The van der Waals surface area contributed by atoms with Crippen molar-refractivity contribution in [2.24, 2.45) is 0 Å². The van der Waals surface area contributed by atoms with E-state index >= 15 is 0 Å². The van der Waals surface area contributed by atoms with Crippen molar-refractivity contribution in [3.63, 3.8) is 0 Å². The summed E-state index contributed by atoms with van der Waals surface area (Å²) in [4.78, 5) is 24.7. The zero-order chi connectivity index (χ0) is 22.0. The number of carboxylic acid groups (broad SMARTS) is 1. The number of fused-ring (bicyclic) bond motifs is 1. The van der Waals surface area contributed by atoms with Crippen LogP contribution in [-0.4, -0.2) is 27.6 Å². The molecule has 5 nitrogen and oxygen atoms in total. The molecular weight excluding hydrogens is 444 g/mol. The number of carboxylic acids is 1. The van der Waals surface area contributed by atoms with Crippen LogP contribution in [-0.2, 0) is 17.8 Å².